The van der Waals surface area contributed by atoms with Crippen LogP contribution >= 0.6 is 22.9 Å². The van der Waals surface area contributed by atoms with Crippen LogP contribution in [0.2, 0.25) is 5.02 Å². The van der Waals surface area contributed by atoms with E-state index in [1.807, 2.05) is 24.3 Å². The SMILES string of the molecule is CCc1sc(CCc2cc(OC(CC)CC)cc(NCc3cc(Cl)cc(NC(=O)OC(C)C)c3)n2)nc1C. The predicted octanol–water partition coefficient (Wildman–Crippen LogP) is 7.98. The van der Waals surface area contributed by atoms with Crippen molar-refractivity contribution in [1.29, 1.82) is 0 Å². The lowest BCUT2D eigenvalue weighted by Gasteiger charge is -2.18. The van der Waals surface area contributed by atoms with Gasteiger partial charge in [0.25, 0.3) is 0 Å². The number of nitrogens with zero attached hydrogens (tertiary/aromatic N) is 2. The highest BCUT2D eigenvalue weighted by Crippen LogP contribution is 2.25. The van der Waals surface area contributed by atoms with E-state index in [9.17, 15) is 4.79 Å². The van der Waals surface area contributed by atoms with Crippen LogP contribution in [0.25, 0.3) is 0 Å². The first-order valence-electron chi connectivity index (χ1n) is 13.3. The van der Waals surface area contributed by atoms with Gasteiger partial charge in [-0.2, -0.15) is 0 Å². The summed E-state index contributed by atoms with van der Waals surface area (Å²) in [5.41, 5.74) is 3.55. The normalized spacial score (nSPS) is 11.2. The van der Waals surface area contributed by atoms with E-state index in [4.69, 9.17) is 31.0 Å². The number of aromatic nitrogens is 2. The summed E-state index contributed by atoms with van der Waals surface area (Å²) in [4.78, 5) is 23.0. The van der Waals surface area contributed by atoms with Crippen molar-refractivity contribution in [2.24, 2.45) is 0 Å². The zero-order valence-electron chi connectivity index (χ0n) is 23.2. The maximum absolute atomic E-state index is 12.0. The molecule has 1 aromatic carbocycles. The lowest BCUT2D eigenvalue weighted by molar-refractivity contribution is 0.130. The minimum Gasteiger partial charge on any atom is -0.490 e. The van der Waals surface area contributed by atoms with Crippen LogP contribution in [0.4, 0.5) is 16.3 Å². The summed E-state index contributed by atoms with van der Waals surface area (Å²) >= 11 is 8.11. The molecule has 0 bridgehead atoms. The smallest absolute Gasteiger partial charge is 0.411 e. The monoisotopic (exact) mass is 558 g/mol. The number of benzene rings is 1. The minimum absolute atomic E-state index is 0.152. The van der Waals surface area contributed by atoms with E-state index in [2.05, 4.69) is 38.3 Å². The van der Waals surface area contributed by atoms with Gasteiger partial charge in [-0.1, -0.05) is 32.4 Å². The maximum Gasteiger partial charge on any atom is 0.411 e. The lowest BCUT2D eigenvalue weighted by atomic mass is 10.2. The van der Waals surface area contributed by atoms with E-state index >= 15 is 0 Å². The van der Waals surface area contributed by atoms with Gasteiger partial charge in [0.2, 0.25) is 0 Å². The second kappa shape index (κ2) is 14.4. The van der Waals surface area contributed by atoms with Gasteiger partial charge in [0, 0.05) is 46.4 Å². The Bertz CT molecular complexity index is 1210. The van der Waals surface area contributed by atoms with Gasteiger partial charge >= 0.3 is 6.09 Å². The van der Waals surface area contributed by atoms with Crippen molar-refractivity contribution in [2.45, 2.75) is 92.4 Å². The average Bonchev–Trinajstić information content (AvgIpc) is 3.23. The standard InChI is InChI=1S/C29H39ClN4O3S/c1-7-24(8-2)37-25-15-22(10-11-28-32-19(6)26(9-3)38-28)33-27(16-25)31-17-20-12-21(30)14-23(13-20)34-29(35)36-18(4)5/h12-16,18,24H,7-11,17H2,1-6H3,(H,31,33)(H,34,35). The highest BCUT2D eigenvalue weighted by Gasteiger charge is 2.12. The molecule has 0 unspecified atom stereocenters. The Morgan fingerprint density at radius 3 is 2.47 bits per heavy atom. The fourth-order valence-corrected chi connectivity index (χ4v) is 5.30. The van der Waals surface area contributed by atoms with Crippen molar-refractivity contribution in [3.05, 3.63) is 62.2 Å². The number of anilines is 2. The number of rotatable bonds is 13. The number of hydrogen-bond donors (Lipinski definition) is 2. The summed E-state index contributed by atoms with van der Waals surface area (Å²) in [5.74, 6) is 1.53. The van der Waals surface area contributed by atoms with E-state index < -0.39 is 6.09 Å². The van der Waals surface area contributed by atoms with E-state index in [1.54, 1.807) is 31.3 Å². The Hall–Kier alpha value is -2.84. The molecule has 0 saturated heterocycles. The first-order valence-corrected chi connectivity index (χ1v) is 14.5. The molecular formula is C29H39ClN4O3S. The Balaban J connectivity index is 1.76. The molecule has 38 heavy (non-hydrogen) atoms. The molecule has 1 amide bonds. The highest BCUT2D eigenvalue weighted by molar-refractivity contribution is 7.11. The summed E-state index contributed by atoms with van der Waals surface area (Å²) in [5, 5.41) is 7.80. The number of ether oxygens (including phenoxy) is 2. The third kappa shape index (κ3) is 9.17. The van der Waals surface area contributed by atoms with Crippen LogP contribution in [0.3, 0.4) is 0 Å². The van der Waals surface area contributed by atoms with Gasteiger partial charge in [-0.25, -0.2) is 14.8 Å². The molecule has 2 heterocycles. The summed E-state index contributed by atoms with van der Waals surface area (Å²) in [6, 6.07) is 9.38. The summed E-state index contributed by atoms with van der Waals surface area (Å²) in [6.45, 7) is 12.6. The Labute approximate surface area is 235 Å². The van der Waals surface area contributed by atoms with Gasteiger partial charge in [-0.15, -0.1) is 11.3 Å². The summed E-state index contributed by atoms with van der Waals surface area (Å²) < 4.78 is 11.4. The molecule has 0 saturated carbocycles. The van der Waals surface area contributed by atoms with Crippen LogP contribution in [0.15, 0.2) is 30.3 Å². The van der Waals surface area contributed by atoms with Crippen LogP contribution in [-0.4, -0.2) is 28.3 Å². The zero-order chi connectivity index (χ0) is 27.7. The Kier molecular flexibility index (Phi) is 11.2. The molecular weight excluding hydrogens is 520 g/mol. The average molecular weight is 559 g/mol. The van der Waals surface area contributed by atoms with Crippen molar-refractivity contribution in [1.82, 2.24) is 9.97 Å². The van der Waals surface area contributed by atoms with Gasteiger partial charge in [0.05, 0.1) is 22.9 Å². The van der Waals surface area contributed by atoms with E-state index in [-0.39, 0.29) is 12.2 Å². The second-order valence-corrected chi connectivity index (χ2v) is 11.1. The van der Waals surface area contributed by atoms with E-state index in [1.165, 1.54) is 4.88 Å². The lowest BCUT2D eigenvalue weighted by Crippen LogP contribution is -2.18. The maximum atomic E-state index is 12.0. The van der Waals surface area contributed by atoms with E-state index in [0.717, 1.165) is 65.6 Å². The molecule has 0 aliphatic heterocycles. The number of carbonyl (C=O) groups excluding carboxylic acids is 1. The zero-order valence-corrected chi connectivity index (χ0v) is 24.8. The molecule has 3 aromatic rings. The third-order valence-corrected chi connectivity index (χ3v) is 7.52. The number of halogens is 1. The van der Waals surface area contributed by atoms with Gasteiger partial charge in [0.15, 0.2) is 0 Å². The number of amides is 1. The van der Waals surface area contributed by atoms with Crippen molar-refractivity contribution < 1.29 is 14.3 Å². The number of aryl methyl sites for hydroxylation is 4. The molecule has 0 atom stereocenters. The summed E-state index contributed by atoms with van der Waals surface area (Å²) in [6.07, 6.45) is 3.92. The van der Waals surface area contributed by atoms with Crippen LogP contribution in [0.5, 0.6) is 5.75 Å². The molecule has 0 radical (unpaired) electrons. The predicted molar refractivity (Wildman–Crippen MR) is 157 cm³/mol. The molecule has 0 aliphatic rings. The second-order valence-electron chi connectivity index (χ2n) is 9.49. The molecule has 0 fully saturated rings. The Morgan fingerprint density at radius 2 is 1.82 bits per heavy atom. The summed E-state index contributed by atoms with van der Waals surface area (Å²) in [7, 11) is 0. The first-order chi connectivity index (χ1) is 18.2. The van der Waals surface area contributed by atoms with E-state index in [0.29, 0.717) is 17.3 Å². The third-order valence-electron chi connectivity index (χ3n) is 5.94. The number of nitrogens with one attached hydrogen (secondary N) is 2. The molecule has 2 aromatic heterocycles. The number of thiazole rings is 1. The van der Waals surface area contributed by atoms with Gasteiger partial charge < -0.3 is 14.8 Å². The highest BCUT2D eigenvalue weighted by atomic mass is 35.5. The topological polar surface area (TPSA) is 85.4 Å². The van der Waals surface area contributed by atoms with Crippen molar-refractivity contribution in [3.8, 4) is 5.75 Å². The van der Waals surface area contributed by atoms with Crippen molar-refractivity contribution in [3.63, 3.8) is 0 Å². The van der Waals surface area contributed by atoms with Gasteiger partial charge in [-0.3, -0.25) is 5.32 Å². The number of hydrogen-bond acceptors (Lipinski definition) is 7. The van der Waals surface area contributed by atoms with Gasteiger partial charge in [-0.05, 0) is 70.2 Å². The van der Waals surface area contributed by atoms with Crippen LogP contribution in [0.1, 0.15) is 74.3 Å². The number of pyridine rings is 1. The molecule has 9 heteroatoms. The van der Waals surface area contributed by atoms with Crippen LogP contribution in [0, 0.1) is 6.92 Å². The van der Waals surface area contributed by atoms with Gasteiger partial charge in [0.1, 0.15) is 11.6 Å². The fourth-order valence-electron chi connectivity index (χ4n) is 4.03. The van der Waals surface area contributed by atoms with Crippen molar-refractivity contribution in [2.75, 3.05) is 10.6 Å². The van der Waals surface area contributed by atoms with Crippen LogP contribution < -0.4 is 15.4 Å². The fraction of sp³-hybridized carbons (Fsp3) is 0.483. The molecule has 2 N–H and O–H groups in total. The quantitative estimate of drug-likeness (QED) is 0.221. The minimum atomic E-state index is -0.514. The Morgan fingerprint density at radius 1 is 1.05 bits per heavy atom. The van der Waals surface area contributed by atoms with Crippen LogP contribution in [-0.2, 0) is 30.5 Å². The largest absolute Gasteiger partial charge is 0.490 e. The molecule has 0 aliphatic carbocycles. The number of carbonyl (C=O) groups is 1. The first kappa shape index (κ1) is 29.7. The molecule has 7 nitrogen and oxygen atoms in total. The molecule has 3 rings (SSSR count). The molecule has 206 valence electrons. The van der Waals surface area contributed by atoms with Crippen molar-refractivity contribution >= 4 is 40.5 Å². The molecule has 0 spiro atoms.